The first kappa shape index (κ1) is 18.6. The molecule has 1 aromatic carbocycles. The highest BCUT2D eigenvalue weighted by molar-refractivity contribution is 7.10. The molecule has 28 heavy (non-hydrogen) atoms. The van der Waals surface area contributed by atoms with Crippen molar-refractivity contribution in [2.75, 3.05) is 33.3 Å². The van der Waals surface area contributed by atoms with Gasteiger partial charge in [0, 0.05) is 25.0 Å². The van der Waals surface area contributed by atoms with Gasteiger partial charge in [-0.3, -0.25) is 9.79 Å². The Labute approximate surface area is 168 Å². The van der Waals surface area contributed by atoms with E-state index in [0.29, 0.717) is 25.7 Å². The molecule has 0 aliphatic carbocycles. The predicted octanol–water partition coefficient (Wildman–Crippen LogP) is 1.64. The topological polar surface area (TPSA) is 75.2 Å². The van der Waals surface area contributed by atoms with Gasteiger partial charge in [0.25, 0.3) is 0 Å². The number of carbonyl (C=O) groups is 1. The number of rotatable bonds is 4. The summed E-state index contributed by atoms with van der Waals surface area (Å²) in [7, 11) is 1.69. The third-order valence-corrected chi connectivity index (χ3v) is 5.88. The van der Waals surface area contributed by atoms with Crippen molar-refractivity contribution in [3.05, 3.63) is 46.2 Å². The van der Waals surface area contributed by atoms with Crippen molar-refractivity contribution in [3.8, 4) is 11.5 Å². The Bertz CT molecular complexity index is 867. The summed E-state index contributed by atoms with van der Waals surface area (Å²) in [5, 5.41) is 8.40. The number of nitrogens with zero attached hydrogens (tertiary/aromatic N) is 2. The minimum Gasteiger partial charge on any atom is -0.486 e. The highest BCUT2D eigenvalue weighted by atomic mass is 32.1. The first-order valence-corrected chi connectivity index (χ1v) is 10.3. The minimum absolute atomic E-state index is 0.0750. The Morgan fingerprint density at radius 1 is 1.29 bits per heavy atom. The molecule has 0 saturated heterocycles. The van der Waals surface area contributed by atoms with Gasteiger partial charge >= 0.3 is 0 Å². The number of nitrogens with one attached hydrogen (secondary N) is 2. The number of amides is 1. The van der Waals surface area contributed by atoms with Crippen LogP contribution in [0.15, 0.2) is 40.7 Å². The van der Waals surface area contributed by atoms with E-state index < -0.39 is 0 Å². The van der Waals surface area contributed by atoms with Crippen LogP contribution in [0, 0.1) is 0 Å². The van der Waals surface area contributed by atoms with Crippen LogP contribution in [-0.2, 0) is 17.8 Å². The third-order valence-electron chi connectivity index (χ3n) is 4.86. The number of benzene rings is 1. The van der Waals surface area contributed by atoms with Crippen LogP contribution in [0.2, 0.25) is 0 Å². The van der Waals surface area contributed by atoms with E-state index in [-0.39, 0.29) is 18.6 Å². The monoisotopic (exact) mass is 400 g/mol. The lowest BCUT2D eigenvalue weighted by Gasteiger charge is -2.28. The van der Waals surface area contributed by atoms with E-state index in [1.165, 1.54) is 10.4 Å². The normalized spacial score (nSPS) is 18.4. The molecule has 1 unspecified atom stereocenters. The molecule has 2 N–H and O–H groups in total. The molecule has 2 aliphatic heterocycles. The summed E-state index contributed by atoms with van der Waals surface area (Å²) >= 11 is 1.77. The summed E-state index contributed by atoms with van der Waals surface area (Å²) in [6.45, 7) is 2.68. The molecule has 1 aromatic heterocycles. The lowest BCUT2D eigenvalue weighted by atomic mass is 10.1. The zero-order valence-corrected chi connectivity index (χ0v) is 16.6. The van der Waals surface area contributed by atoms with E-state index in [1.807, 2.05) is 29.2 Å². The van der Waals surface area contributed by atoms with Crippen molar-refractivity contribution in [3.63, 3.8) is 0 Å². The number of thiophene rings is 1. The minimum atomic E-state index is -0.122. The second-order valence-corrected chi connectivity index (χ2v) is 7.74. The van der Waals surface area contributed by atoms with Gasteiger partial charge < -0.3 is 25.0 Å². The standard InChI is InChI=1S/C20H24N4O3S/c1-21-20(22-10-15-13-26-16-4-2-3-5-17(16)27-15)23-11-19(25)24-8-6-18-14(12-24)7-9-28-18/h2-5,7,9,15H,6,8,10-13H2,1H3,(H2,21,22,23). The van der Waals surface area contributed by atoms with Gasteiger partial charge in [-0.1, -0.05) is 12.1 Å². The van der Waals surface area contributed by atoms with Crippen molar-refractivity contribution in [2.24, 2.45) is 4.99 Å². The fourth-order valence-electron chi connectivity index (χ4n) is 3.33. The number of para-hydroxylation sites is 2. The molecule has 0 saturated carbocycles. The van der Waals surface area contributed by atoms with Crippen LogP contribution in [0.4, 0.5) is 0 Å². The molecule has 0 bridgehead atoms. The molecule has 1 amide bonds. The largest absolute Gasteiger partial charge is 0.486 e. The number of fused-ring (bicyclic) bond motifs is 2. The molecular weight excluding hydrogens is 376 g/mol. The zero-order valence-electron chi connectivity index (χ0n) is 15.8. The zero-order chi connectivity index (χ0) is 19.3. The molecule has 4 rings (SSSR count). The van der Waals surface area contributed by atoms with E-state index in [1.54, 1.807) is 18.4 Å². The van der Waals surface area contributed by atoms with Gasteiger partial charge in [0.15, 0.2) is 17.5 Å². The summed E-state index contributed by atoms with van der Waals surface area (Å²) < 4.78 is 11.6. The first-order valence-electron chi connectivity index (χ1n) is 9.39. The number of carbonyl (C=O) groups excluding carboxylic acids is 1. The van der Waals surface area contributed by atoms with Crippen molar-refractivity contribution >= 4 is 23.2 Å². The molecule has 2 aromatic rings. The Morgan fingerprint density at radius 2 is 2.14 bits per heavy atom. The van der Waals surface area contributed by atoms with E-state index in [4.69, 9.17) is 9.47 Å². The molecule has 0 radical (unpaired) electrons. The molecule has 2 aliphatic rings. The van der Waals surface area contributed by atoms with Gasteiger partial charge in [-0.15, -0.1) is 11.3 Å². The quantitative estimate of drug-likeness (QED) is 0.603. The number of ether oxygens (including phenoxy) is 2. The highest BCUT2D eigenvalue weighted by Crippen LogP contribution is 2.30. The van der Waals surface area contributed by atoms with Gasteiger partial charge in [0.1, 0.15) is 12.7 Å². The summed E-state index contributed by atoms with van der Waals surface area (Å²) in [5.74, 6) is 2.16. The van der Waals surface area contributed by atoms with Crippen molar-refractivity contribution in [1.29, 1.82) is 0 Å². The number of aliphatic imine (C=N–C) groups is 1. The maximum atomic E-state index is 12.5. The fraction of sp³-hybridized carbons (Fsp3) is 0.400. The highest BCUT2D eigenvalue weighted by Gasteiger charge is 2.23. The van der Waals surface area contributed by atoms with Crippen molar-refractivity contribution < 1.29 is 14.3 Å². The van der Waals surface area contributed by atoms with E-state index in [0.717, 1.165) is 24.5 Å². The maximum Gasteiger partial charge on any atom is 0.242 e. The molecule has 7 nitrogen and oxygen atoms in total. The molecular formula is C20H24N4O3S. The summed E-state index contributed by atoms with van der Waals surface area (Å²) in [6.07, 6.45) is 0.815. The number of guanidine groups is 1. The average Bonchev–Trinajstić information content (AvgIpc) is 3.21. The predicted molar refractivity (Wildman–Crippen MR) is 109 cm³/mol. The second-order valence-electron chi connectivity index (χ2n) is 6.74. The average molecular weight is 401 g/mol. The third kappa shape index (κ3) is 4.22. The lowest BCUT2D eigenvalue weighted by Crippen LogP contribution is -2.48. The van der Waals surface area contributed by atoms with Crippen LogP contribution < -0.4 is 20.1 Å². The molecule has 0 fully saturated rings. The number of hydrogen-bond donors (Lipinski definition) is 2. The summed E-state index contributed by atoms with van der Waals surface area (Å²) in [4.78, 5) is 20.0. The van der Waals surface area contributed by atoms with Gasteiger partial charge in [-0.25, -0.2) is 0 Å². The first-order chi connectivity index (χ1) is 13.7. The van der Waals surface area contributed by atoms with Gasteiger partial charge in [-0.2, -0.15) is 0 Å². The van der Waals surface area contributed by atoms with Crippen molar-refractivity contribution in [2.45, 2.75) is 19.1 Å². The Kier molecular flexibility index (Phi) is 5.66. The van der Waals surface area contributed by atoms with Crippen LogP contribution in [0.5, 0.6) is 11.5 Å². The Hall–Kier alpha value is -2.74. The van der Waals surface area contributed by atoms with Gasteiger partial charge in [0.2, 0.25) is 5.91 Å². The van der Waals surface area contributed by atoms with Crippen LogP contribution >= 0.6 is 11.3 Å². The Balaban J connectivity index is 1.23. The van der Waals surface area contributed by atoms with E-state index in [2.05, 4.69) is 27.1 Å². The lowest BCUT2D eigenvalue weighted by molar-refractivity contribution is -0.130. The van der Waals surface area contributed by atoms with Gasteiger partial charge in [0.05, 0.1) is 13.1 Å². The van der Waals surface area contributed by atoms with Gasteiger partial charge in [-0.05, 0) is 35.6 Å². The molecule has 3 heterocycles. The molecule has 1 atom stereocenters. The summed E-state index contributed by atoms with van der Waals surface area (Å²) in [5.41, 5.74) is 1.27. The fourth-order valence-corrected chi connectivity index (χ4v) is 4.22. The maximum absolute atomic E-state index is 12.5. The van der Waals surface area contributed by atoms with Crippen LogP contribution in [0.25, 0.3) is 0 Å². The van der Waals surface area contributed by atoms with Crippen molar-refractivity contribution in [1.82, 2.24) is 15.5 Å². The molecule has 148 valence electrons. The molecule has 8 heteroatoms. The van der Waals surface area contributed by atoms with E-state index >= 15 is 0 Å². The van der Waals surface area contributed by atoms with Crippen LogP contribution in [0.1, 0.15) is 10.4 Å². The number of hydrogen-bond acceptors (Lipinski definition) is 5. The summed E-state index contributed by atoms with van der Waals surface area (Å²) in [6, 6.07) is 9.74. The van der Waals surface area contributed by atoms with Crippen LogP contribution in [0.3, 0.4) is 0 Å². The SMILES string of the molecule is CN=C(NCC(=O)N1CCc2sccc2C1)NCC1COc2ccccc2O1. The Morgan fingerprint density at radius 3 is 3.00 bits per heavy atom. The van der Waals surface area contributed by atoms with E-state index in [9.17, 15) is 4.79 Å². The second kappa shape index (κ2) is 8.52. The smallest absolute Gasteiger partial charge is 0.242 e. The van der Waals surface area contributed by atoms with Crippen LogP contribution in [-0.4, -0.2) is 56.2 Å². The molecule has 0 spiro atoms.